The van der Waals surface area contributed by atoms with Gasteiger partial charge in [0.05, 0.1) is 0 Å². The van der Waals surface area contributed by atoms with Gasteiger partial charge in [0, 0.05) is 5.56 Å². The maximum Gasteiger partial charge on any atom is 0.150 e. The molecule has 0 radical (unpaired) electrons. The highest BCUT2D eigenvalue weighted by Gasteiger charge is 2.00. The van der Waals surface area contributed by atoms with Gasteiger partial charge < -0.3 is 0 Å². The summed E-state index contributed by atoms with van der Waals surface area (Å²) in [5, 5.41) is 2.33. The van der Waals surface area contributed by atoms with Crippen LogP contribution in [0.4, 0.5) is 0 Å². The topological polar surface area (TPSA) is 17.1 Å². The number of hydrogen-bond donors (Lipinski definition) is 0. The molecule has 14 heavy (non-hydrogen) atoms. The van der Waals surface area contributed by atoms with Gasteiger partial charge in [0.25, 0.3) is 0 Å². The van der Waals surface area contributed by atoms with Crippen LogP contribution in [0.15, 0.2) is 30.3 Å². The molecule has 0 saturated heterocycles. The standard InChI is InChI=1S/C13H12O/c1-9-3-4-11-6-10(2)13(8-14)7-12(11)5-9/h3-8H,1-2H3. The Hall–Kier alpha value is -1.63. The minimum Gasteiger partial charge on any atom is -0.298 e. The number of benzene rings is 2. The predicted molar refractivity (Wildman–Crippen MR) is 58.8 cm³/mol. The average Bonchev–Trinajstić information content (AvgIpc) is 2.17. The Labute approximate surface area is 83.4 Å². The summed E-state index contributed by atoms with van der Waals surface area (Å²) < 4.78 is 0. The van der Waals surface area contributed by atoms with Crippen molar-refractivity contribution in [3.05, 3.63) is 47.0 Å². The summed E-state index contributed by atoms with van der Waals surface area (Å²) in [5.74, 6) is 0. The van der Waals surface area contributed by atoms with E-state index in [1.54, 1.807) is 0 Å². The molecule has 1 heteroatoms. The SMILES string of the molecule is Cc1ccc2cc(C)c(C=O)cc2c1. The first kappa shape index (κ1) is 8.95. The summed E-state index contributed by atoms with van der Waals surface area (Å²) in [6, 6.07) is 10.3. The predicted octanol–water partition coefficient (Wildman–Crippen LogP) is 3.27. The Balaban J connectivity index is 2.79. The molecule has 0 N–H and O–H groups in total. The van der Waals surface area contributed by atoms with Gasteiger partial charge in [0.2, 0.25) is 0 Å². The summed E-state index contributed by atoms with van der Waals surface area (Å²) in [7, 11) is 0. The second-order valence-corrected chi connectivity index (χ2v) is 3.68. The molecule has 0 unspecified atom stereocenters. The Morgan fingerprint density at radius 1 is 1.00 bits per heavy atom. The van der Waals surface area contributed by atoms with Crippen LogP contribution in [0.3, 0.4) is 0 Å². The molecule has 2 aromatic carbocycles. The fraction of sp³-hybridized carbons (Fsp3) is 0.154. The third-order valence-electron chi connectivity index (χ3n) is 2.51. The minimum atomic E-state index is 0.781. The number of fused-ring (bicyclic) bond motifs is 1. The van der Waals surface area contributed by atoms with Crippen molar-refractivity contribution in [2.45, 2.75) is 13.8 Å². The fourth-order valence-corrected chi connectivity index (χ4v) is 1.68. The maximum absolute atomic E-state index is 10.8. The van der Waals surface area contributed by atoms with Gasteiger partial charge >= 0.3 is 0 Å². The highest BCUT2D eigenvalue weighted by atomic mass is 16.1. The zero-order chi connectivity index (χ0) is 10.1. The Bertz CT molecular complexity index is 498. The number of aryl methyl sites for hydroxylation is 2. The molecular formula is C13H12O. The van der Waals surface area contributed by atoms with Crippen LogP contribution >= 0.6 is 0 Å². The van der Waals surface area contributed by atoms with Crippen LogP contribution < -0.4 is 0 Å². The first-order valence-electron chi connectivity index (χ1n) is 4.67. The van der Waals surface area contributed by atoms with E-state index in [1.807, 2.05) is 13.0 Å². The van der Waals surface area contributed by atoms with Crippen LogP contribution in [-0.2, 0) is 0 Å². The first-order chi connectivity index (χ1) is 6.70. The monoisotopic (exact) mass is 184 g/mol. The van der Waals surface area contributed by atoms with Crippen molar-refractivity contribution in [1.82, 2.24) is 0 Å². The largest absolute Gasteiger partial charge is 0.298 e. The molecule has 0 bridgehead atoms. The Kier molecular flexibility index (Phi) is 2.08. The summed E-state index contributed by atoms with van der Waals surface area (Å²) >= 11 is 0. The molecular weight excluding hydrogens is 172 g/mol. The van der Waals surface area contributed by atoms with Gasteiger partial charge in [-0.3, -0.25) is 4.79 Å². The second kappa shape index (κ2) is 3.26. The number of carbonyl (C=O) groups excluding carboxylic acids is 1. The molecule has 0 spiro atoms. The fourth-order valence-electron chi connectivity index (χ4n) is 1.68. The van der Waals surface area contributed by atoms with E-state index in [0.29, 0.717) is 0 Å². The van der Waals surface area contributed by atoms with E-state index in [0.717, 1.165) is 22.8 Å². The van der Waals surface area contributed by atoms with Gasteiger partial charge in [-0.25, -0.2) is 0 Å². The van der Waals surface area contributed by atoms with Crippen LogP contribution in [0, 0.1) is 13.8 Å². The highest BCUT2D eigenvalue weighted by molar-refractivity contribution is 5.90. The van der Waals surface area contributed by atoms with Gasteiger partial charge in [-0.15, -0.1) is 0 Å². The van der Waals surface area contributed by atoms with Crippen LogP contribution in [0.25, 0.3) is 10.8 Å². The van der Waals surface area contributed by atoms with Crippen LogP contribution in [-0.4, -0.2) is 6.29 Å². The molecule has 0 heterocycles. The number of hydrogen-bond acceptors (Lipinski definition) is 1. The van der Waals surface area contributed by atoms with Gasteiger partial charge in [0.1, 0.15) is 6.29 Å². The van der Waals surface area contributed by atoms with Crippen molar-refractivity contribution in [2.24, 2.45) is 0 Å². The Morgan fingerprint density at radius 2 is 1.79 bits per heavy atom. The molecule has 0 atom stereocenters. The average molecular weight is 184 g/mol. The van der Waals surface area contributed by atoms with Crippen LogP contribution in [0.5, 0.6) is 0 Å². The third kappa shape index (κ3) is 1.41. The van der Waals surface area contributed by atoms with Gasteiger partial charge in [-0.2, -0.15) is 0 Å². The van der Waals surface area contributed by atoms with Gasteiger partial charge in [-0.1, -0.05) is 29.8 Å². The molecule has 0 fully saturated rings. The van der Waals surface area contributed by atoms with Crippen molar-refractivity contribution in [3.8, 4) is 0 Å². The highest BCUT2D eigenvalue weighted by Crippen LogP contribution is 2.19. The van der Waals surface area contributed by atoms with Crippen molar-refractivity contribution < 1.29 is 4.79 Å². The van der Waals surface area contributed by atoms with Crippen molar-refractivity contribution >= 4 is 17.1 Å². The van der Waals surface area contributed by atoms with Crippen molar-refractivity contribution in [1.29, 1.82) is 0 Å². The molecule has 2 aromatic rings. The van der Waals surface area contributed by atoms with E-state index in [9.17, 15) is 4.79 Å². The normalized spacial score (nSPS) is 10.4. The molecule has 0 aliphatic heterocycles. The number of aldehydes is 1. The summed E-state index contributed by atoms with van der Waals surface area (Å²) in [5.41, 5.74) is 3.04. The second-order valence-electron chi connectivity index (χ2n) is 3.68. The van der Waals surface area contributed by atoms with Crippen LogP contribution in [0.1, 0.15) is 21.5 Å². The lowest BCUT2D eigenvalue weighted by molar-refractivity contribution is 0.112. The number of rotatable bonds is 1. The van der Waals surface area contributed by atoms with Crippen LogP contribution in [0.2, 0.25) is 0 Å². The summed E-state index contributed by atoms with van der Waals surface area (Å²) in [4.78, 5) is 10.8. The van der Waals surface area contributed by atoms with E-state index >= 15 is 0 Å². The molecule has 0 aromatic heterocycles. The maximum atomic E-state index is 10.8. The third-order valence-corrected chi connectivity index (χ3v) is 2.51. The van der Waals surface area contributed by atoms with Gasteiger partial charge in [0.15, 0.2) is 0 Å². The summed E-state index contributed by atoms with van der Waals surface area (Å²) in [6.07, 6.45) is 0.914. The summed E-state index contributed by atoms with van der Waals surface area (Å²) in [6.45, 7) is 4.02. The van der Waals surface area contributed by atoms with Crippen molar-refractivity contribution in [2.75, 3.05) is 0 Å². The van der Waals surface area contributed by atoms with Crippen molar-refractivity contribution in [3.63, 3.8) is 0 Å². The zero-order valence-electron chi connectivity index (χ0n) is 8.37. The Morgan fingerprint density at radius 3 is 2.50 bits per heavy atom. The van der Waals surface area contributed by atoms with E-state index in [-0.39, 0.29) is 0 Å². The minimum absolute atomic E-state index is 0.781. The molecule has 0 amide bonds. The molecule has 2 rings (SSSR count). The van der Waals surface area contributed by atoms with E-state index in [4.69, 9.17) is 0 Å². The molecule has 70 valence electrons. The van der Waals surface area contributed by atoms with E-state index in [1.165, 1.54) is 10.9 Å². The van der Waals surface area contributed by atoms with E-state index < -0.39 is 0 Å². The smallest absolute Gasteiger partial charge is 0.150 e. The first-order valence-corrected chi connectivity index (χ1v) is 4.67. The molecule has 0 saturated carbocycles. The quantitative estimate of drug-likeness (QED) is 0.622. The zero-order valence-corrected chi connectivity index (χ0v) is 8.37. The number of carbonyl (C=O) groups is 1. The molecule has 0 aliphatic carbocycles. The lowest BCUT2D eigenvalue weighted by Crippen LogP contribution is -1.86. The lowest BCUT2D eigenvalue weighted by Gasteiger charge is -2.03. The van der Waals surface area contributed by atoms with Gasteiger partial charge in [-0.05, 0) is 36.2 Å². The lowest BCUT2D eigenvalue weighted by atomic mass is 10.0. The molecule has 1 nitrogen and oxygen atoms in total. The van der Waals surface area contributed by atoms with E-state index in [2.05, 4.69) is 31.2 Å². The molecule has 0 aliphatic rings.